The predicted octanol–water partition coefficient (Wildman–Crippen LogP) is 1.39. The number of aromatic nitrogens is 2. The highest BCUT2D eigenvalue weighted by molar-refractivity contribution is 5.56. The third-order valence-corrected chi connectivity index (χ3v) is 3.28. The van der Waals surface area contributed by atoms with Crippen LogP contribution in [-0.2, 0) is 6.42 Å². The first-order chi connectivity index (χ1) is 8.99. The van der Waals surface area contributed by atoms with E-state index in [2.05, 4.69) is 46.5 Å². The molecule has 0 spiro atoms. The lowest BCUT2D eigenvalue weighted by Crippen LogP contribution is -2.31. The molecule has 1 aromatic rings. The van der Waals surface area contributed by atoms with Crippen molar-refractivity contribution < 1.29 is 0 Å². The van der Waals surface area contributed by atoms with Crippen molar-refractivity contribution in [3.63, 3.8) is 0 Å². The highest BCUT2D eigenvalue weighted by atomic mass is 15.3. The van der Waals surface area contributed by atoms with Gasteiger partial charge in [0.25, 0.3) is 0 Å². The lowest BCUT2D eigenvalue weighted by molar-refractivity contribution is 0.284. The molecule has 0 saturated heterocycles. The number of nitrogens with one attached hydrogen (secondary N) is 2. The molecule has 0 saturated carbocycles. The van der Waals surface area contributed by atoms with E-state index in [1.54, 1.807) is 0 Å². The number of aryl methyl sites for hydroxylation is 1. The molecule has 0 aromatic carbocycles. The molecular weight excluding hydrogens is 240 g/mol. The third-order valence-electron chi connectivity index (χ3n) is 3.28. The monoisotopic (exact) mass is 266 g/mol. The molecule has 6 nitrogen and oxygen atoms in total. The zero-order valence-electron chi connectivity index (χ0n) is 12.6. The number of hydrogen-bond acceptors (Lipinski definition) is 6. The second kappa shape index (κ2) is 7.25. The minimum Gasteiger partial charge on any atom is -0.368 e. The molecule has 0 aliphatic carbocycles. The fourth-order valence-electron chi connectivity index (χ4n) is 1.64. The highest BCUT2D eigenvalue weighted by Gasteiger charge is 2.09. The Balaban J connectivity index is 2.72. The Morgan fingerprint density at radius 3 is 2.42 bits per heavy atom. The van der Waals surface area contributed by atoms with Crippen molar-refractivity contribution in [3.8, 4) is 0 Å². The van der Waals surface area contributed by atoms with Crippen molar-refractivity contribution in [1.29, 1.82) is 0 Å². The maximum Gasteiger partial charge on any atom is 0.148 e. The standard InChI is InChI=1S/C13H26N6/c1-6-11-16-12(10(4)13(17-11)18-14)15-7-8-19(5)9(2)3/h9H,6-8,14H2,1-5H3,(H2,15,16,17,18). The van der Waals surface area contributed by atoms with Gasteiger partial charge in [-0.1, -0.05) is 6.92 Å². The van der Waals surface area contributed by atoms with Crippen LogP contribution in [0.1, 0.15) is 32.2 Å². The van der Waals surface area contributed by atoms with Gasteiger partial charge in [0, 0.05) is 31.1 Å². The molecule has 6 heteroatoms. The Hall–Kier alpha value is -1.40. The van der Waals surface area contributed by atoms with Crippen LogP contribution in [0, 0.1) is 6.92 Å². The van der Waals surface area contributed by atoms with Crippen LogP contribution in [0.25, 0.3) is 0 Å². The van der Waals surface area contributed by atoms with Crippen molar-refractivity contribution in [2.75, 3.05) is 30.9 Å². The van der Waals surface area contributed by atoms with Crippen molar-refractivity contribution in [2.24, 2.45) is 5.84 Å². The number of anilines is 2. The molecular formula is C13H26N6. The van der Waals surface area contributed by atoms with Gasteiger partial charge in [0.2, 0.25) is 0 Å². The van der Waals surface area contributed by atoms with E-state index in [1.807, 2.05) is 13.8 Å². The van der Waals surface area contributed by atoms with E-state index < -0.39 is 0 Å². The maximum absolute atomic E-state index is 5.48. The molecule has 0 amide bonds. The Labute approximate surface area is 115 Å². The van der Waals surface area contributed by atoms with E-state index in [0.717, 1.165) is 36.7 Å². The van der Waals surface area contributed by atoms with Gasteiger partial charge in [-0.25, -0.2) is 15.8 Å². The number of nitrogen functional groups attached to an aromatic ring is 1. The summed E-state index contributed by atoms with van der Waals surface area (Å²) < 4.78 is 0. The summed E-state index contributed by atoms with van der Waals surface area (Å²) in [7, 11) is 2.11. The highest BCUT2D eigenvalue weighted by Crippen LogP contribution is 2.19. The van der Waals surface area contributed by atoms with Crippen molar-refractivity contribution in [1.82, 2.24) is 14.9 Å². The Bertz CT molecular complexity index is 404. The van der Waals surface area contributed by atoms with Crippen LogP contribution < -0.4 is 16.6 Å². The van der Waals surface area contributed by atoms with Gasteiger partial charge in [0.05, 0.1) is 0 Å². The number of hydrazine groups is 1. The van der Waals surface area contributed by atoms with E-state index in [-0.39, 0.29) is 0 Å². The molecule has 4 N–H and O–H groups in total. The van der Waals surface area contributed by atoms with Gasteiger partial charge in [0.15, 0.2) is 0 Å². The summed E-state index contributed by atoms with van der Waals surface area (Å²) in [6.45, 7) is 10.2. The van der Waals surface area contributed by atoms with Crippen molar-refractivity contribution in [2.45, 2.75) is 40.2 Å². The van der Waals surface area contributed by atoms with Crippen LogP contribution in [0.5, 0.6) is 0 Å². The topological polar surface area (TPSA) is 79.1 Å². The molecule has 1 rings (SSSR count). The Kier molecular flexibility index (Phi) is 5.98. The lowest BCUT2D eigenvalue weighted by atomic mass is 10.3. The Morgan fingerprint density at radius 1 is 1.26 bits per heavy atom. The smallest absolute Gasteiger partial charge is 0.148 e. The molecule has 1 heterocycles. The van der Waals surface area contributed by atoms with Crippen LogP contribution in [0.15, 0.2) is 0 Å². The average Bonchev–Trinajstić information content (AvgIpc) is 2.40. The normalized spacial score (nSPS) is 11.2. The lowest BCUT2D eigenvalue weighted by Gasteiger charge is -2.21. The molecule has 0 unspecified atom stereocenters. The number of nitrogens with zero attached hydrogens (tertiary/aromatic N) is 3. The quantitative estimate of drug-likeness (QED) is 0.511. The molecule has 0 aliphatic heterocycles. The van der Waals surface area contributed by atoms with E-state index >= 15 is 0 Å². The van der Waals surface area contributed by atoms with Crippen LogP contribution in [0.4, 0.5) is 11.6 Å². The SMILES string of the molecule is CCc1nc(NN)c(C)c(NCCN(C)C(C)C)n1. The van der Waals surface area contributed by atoms with Gasteiger partial charge >= 0.3 is 0 Å². The van der Waals surface area contributed by atoms with E-state index in [4.69, 9.17) is 5.84 Å². The number of nitrogens with two attached hydrogens (primary N) is 1. The summed E-state index contributed by atoms with van der Waals surface area (Å²) in [5.74, 6) is 7.82. The molecule has 19 heavy (non-hydrogen) atoms. The van der Waals surface area contributed by atoms with Crippen LogP contribution >= 0.6 is 0 Å². The van der Waals surface area contributed by atoms with Crippen LogP contribution in [0.3, 0.4) is 0 Å². The summed E-state index contributed by atoms with van der Waals surface area (Å²) in [6.07, 6.45) is 0.787. The number of likely N-dealkylation sites (N-methyl/N-ethyl adjacent to an activating group) is 1. The van der Waals surface area contributed by atoms with E-state index in [1.165, 1.54) is 0 Å². The summed E-state index contributed by atoms with van der Waals surface area (Å²) >= 11 is 0. The molecule has 108 valence electrons. The molecule has 0 aliphatic rings. The van der Waals surface area contributed by atoms with Crippen molar-refractivity contribution >= 4 is 11.6 Å². The molecule has 0 fully saturated rings. The second-order valence-electron chi connectivity index (χ2n) is 4.96. The van der Waals surface area contributed by atoms with Crippen LogP contribution in [0.2, 0.25) is 0 Å². The predicted molar refractivity (Wildman–Crippen MR) is 80.2 cm³/mol. The minimum absolute atomic E-state index is 0.542. The van der Waals surface area contributed by atoms with Gasteiger partial charge < -0.3 is 15.6 Å². The van der Waals surface area contributed by atoms with E-state index in [0.29, 0.717) is 11.9 Å². The molecule has 0 bridgehead atoms. The summed E-state index contributed by atoms with van der Waals surface area (Å²) in [6, 6.07) is 0.542. The largest absolute Gasteiger partial charge is 0.368 e. The van der Waals surface area contributed by atoms with E-state index in [9.17, 15) is 0 Å². The average molecular weight is 266 g/mol. The summed E-state index contributed by atoms with van der Waals surface area (Å²) in [5, 5.41) is 3.36. The van der Waals surface area contributed by atoms with Gasteiger partial charge in [-0.2, -0.15) is 0 Å². The first-order valence-electron chi connectivity index (χ1n) is 6.77. The molecule has 0 radical (unpaired) electrons. The number of rotatable bonds is 7. The third kappa shape index (κ3) is 4.33. The van der Waals surface area contributed by atoms with Crippen molar-refractivity contribution in [3.05, 3.63) is 11.4 Å². The van der Waals surface area contributed by atoms with Gasteiger partial charge in [-0.3, -0.25) is 0 Å². The second-order valence-corrected chi connectivity index (χ2v) is 4.96. The summed E-state index contributed by atoms with van der Waals surface area (Å²) in [5.41, 5.74) is 3.58. The maximum atomic E-state index is 5.48. The fraction of sp³-hybridized carbons (Fsp3) is 0.692. The van der Waals surface area contributed by atoms with Gasteiger partial charge in [-0.05, 0) is 27.8 Å². The van der Waals surface area contributed by atoms with Crippen LogP contribution in [-0.4, -0.2) is 41.0 Å². The molecule has 1 aromatic heterocycles. The van der Waals surface area contributed by atoms with Gasteiger partial charge in [-0.15, -0.1) is 0 Å². The van der Waals surface area contributed by atoms with Gasteiger partial charge in [0.1, 0.15) is 17.5 Å². The first-order valence-corrected chi connectivity index (χ1v) is 6.77. The number of hydrogen-bond donors (Lipinski definition) is 3. The minimum atomic E-state index is 0.542. The zero-order valence-corrected chi connectivity index (χ0v) is 12.6. The molecule has 0 atom stereocenters. The summed E-state index contributed by atoms with van der Waals surface area (Å²) in [4.78, 5) is 11.1. The fourth-order valence-corrected chi connectivity index (χ4v) is 1.64. The first kappa shape index (κ1) is 15.7. The Morgan fingerprint density at radius 2 is 1.89 bits per heavy atom. The zero-order chi connectivity index (χ0) is 14.4.